The highest BCUT2D eigenvalue weighted by molar-refractivity contribution is 6.59. The average Bonchev–Trinajstić information content (AvgIpc) is 2.16. The zero-order valence-corrected chi connectivity index (χ0v) is 11.7. The summed E-state index contributed by atoms with van der Waals surface area (Å²) in [5.74, 6) is -0.783. The van der Waals surface area contributed by atoms with Gasteiger partial charge in [0.25, 0.3) is 0 Å². The van der Waals surface area contributed by atoms with Crippen LogP contribution in [0.15, 0.2) is 0 Å². The first kappa shape index (κ1) is 15.6. The van der Waals surface area contributed by atoms with Gasteiger partial charge < -0.3 is 18.4 Å². The number of carboxylic acids is 1. The van der Waals surface area contributed by atoms with Crippen LogP contribution in [0.1, 0.15) is 33.1 Å². The van der Waals surface area contributed by atoms with E-state index in [0.717, 1.165) is 0 Å². The normalized spacial score (nSPS) is 12.8. The summed E-state index contributed by atoms with van der Waals surface area (Å²) in [5.41, 5.74) is -0.428. The van der Waals surface area contributed by atoms with Gasteiger partial charge in [0, 0.05) is 27.2 Å². The maximum absolute atomic E-state index is 10.4. The molecule has 0 bridgehead atoms. The molecule has 0 saturated heterocycles. The van der Waals surface area contributed by atoms with Crippen molar-refractivity contribution in [3.63, 3.8) is 0 Å². The van der Waals surface area contributed by atoms with Gasteiger partial charge in [-0.25, -0.2) is 0 Å². The Morgan fingerprint density at radius 2 is 1.81 bits per heavy atom. The molecule has 0 unspecified atom stereocenters. The Morgan fingerprint density at radius 3 is 2.19 bits per heavy atom. The van der Waals surface area contributed by atoms with Crippen LogP contribution in [0.4, 0.5) is 0 Å². The quantitative estimate of drug-likeness (QED) is 0.666. The second-order valence-corrected chi connectivity index (χ2v) is 7.13. The van der Waals surface area contributed by atoms with Crippen LogP contribution in [0.3, 0.4) is 0 Å². The molecule has 5 nitrogen and oxygen atoms in total. The van der Waals surface area contributed by atoms with Gasteiger partial charge >= 0.3 is 14.8 Å². The minimum atomic E-state index is -2.56. The average molecular weight is 250 g/mol. The molecule has 0 spiro atoms. The van der Waals surface area contributed by atoms with E-state index in [0.29, 0.717) is 12.8 Å². The summed E-state index contributed by atoms with van der Waals surface area (Å²) in [4.78, 5) is 10.4. The van der Waals surface area contributed by atoms with Gasteiger partial charge in [0.1, 0.15) is 0 Å². The summed E-state index contributed by atoms with van der Waals surface area (Å²) in [7, 11) is 0.560. The Hall–Kier alpha value is -0.433. The maximum Gasteiger partial charge on any atom is 0.497 e. The van der Waals surface area contributed by atoms with Gasteiger partial charge in [-0.05, 0) is 26.7 Å². The van der Waals surface area contributed by atoms with E-state index in [9.17, 15) is 4.79 Å². The molecule has 0 aliphatic carbocycles. The van der Waals surface area contributed by atoms with Crippen molar-refractivity contribution in [3.8, 4) is 0 Å². The summed E-state index contributed by atoms with van der Waals surface area (Å²) in [5, 5.41) is 8.55. The smallest absolute Gasteiger partial charge is 0.481 e. The molecule has 0 aromatic heterocycles. The Labute approximate surface area is 98.1 Å². The lowest BCUT2D eigenvalue weighted by atomic mass is 10.0. The zero-order chi connectivity index (χ0) is 12.8. The fraction of sp³-hybridized carbons (Fsp3) is 0.900. The van der Waals surface area contributed by atoms with E-state index < -0.39 is 20.4 Å². The van der Waals surface area contributed by atoms with Gasteiger partial charge in [-0.1, -0.05) is 0 Å². The topological polar surface area (TPSA) is 65.0 Å². The number of rotatable bonds is 8. The summed E-state index contributed by atoms with van der Waals surface area (Å²) in [6.07, 6.45) is 1.40. The molecule has 0 atom stereocenters. The molecule has 0 aromatic carbocycles. The van der Waals surface area contributed by atoms with Gasteiger partial charge in [0.15, 0.2) is 0 Å². The molecule has 0 radical (unpaired) electrons. The molecule has 0 saturated carbocycles. The summed E-state index contributed by atoms with van der Waals surface area (Å²) in [6, 6.07) is 0. The van der Waals surface area contributed by atoms with E-state index in [1.807, 2.05) is 20.4 Å². The molecular formula is C10H22O5Si. The lowest BCUT2D eigenvalue weighted by Crippen LogP contribution is -2.47. The van der Waals surface area contributed by atoms with Crippen molar-refractivity contribution in [3.05, 3.63) is 0 Å². The molecule has 6 heteroatoms. The molecule has 1 N–H and O–H groups in total. The molecular weight excluding hydrogens is 228 g/mol. The molecule has 0 aliphatic rings. The molecule has 0 heterocycles. The third-order valence-corrected chi connectivity index (χ3v) is 4.78. The Bertz CT molecular complexity index is 225. The standard InChI is InChI=1S/C10H22O5Si/c1-10(2,8-6-7-9(11)12)15-16(5,13-3)14-4/h6-8H2,1-5H3,(H,11,12). The van der Waals surface area contributed by atoms with Crippen molar-refractivity contribution in [2.24, 2.45) is 0 Å². The monoisotopic (exact) mass is 250 g/mol. The molecule has 0 fully saturated rings. The van der Waals surface area contributed by atoms with Crippen LogP contribution in [-0.4, -0.2) is 39.7 Å². The van der Waals surface area contributed by atoms with E-state index >= 15 is 0 Å². The Morgan fingerprint density at radius 1 is 1.31 bits per heavy atom. The highest BCUT2D eigenvalue weighted by atomic mass is 28.4. The molecule has 0 aromatic rings. The third-order valence-electron chi connectivity index (χ3n) is 2.37. The maximum atomic E-state index is 10.4. The first-order chi connectivity index (χ1) is 7.24. The van der Waals surface area contributed by atoms with Gasteiger partial charge in [-0.2, -0.15) is 0 Å². The lowest BCUT2D eigenvalue weighted by molar-refractivity contribution is -0.137. The summed E-state index contributed by atoms with van der Waals surface area (Å²) in [6.45, 7) is 5.64. The predicted octanol–water partition coefficient (Wildman–Crippen LogP) is 1.90. The number of carbonyl (C=O) groups is 1. The van der Waals surface area contributed by atoms with Crippen LogP contribution in [0.5, 0.6) is 0 Å². The molecule has 0 rings (SSSR count). The lowest BCUT2D eigenvalue weighted by Gasteiger charge is -2.33. The summed E-state index contributed by atoms with van der Waals surface area (Å²) >= 11 is 0. The minimum absolute atomic E-state index is 0.158. The van der Waals surface area contributed by atoms with Gasteiger partial charge in [0.2, 0.25) is 0 Å². The predicted molar refractivity (Wildman–Crippen MR) is 62.3 cm³/mol. The van der Waals surface area contributed by atoms with E-state index in [2.05, 4.69) is 0 Å². The highest BCUT2D eigenvalue weighted by Gasteiger charge is 2.38. The minimum Gasteiger partial charge on any atom is -0.481 e. The van der Waals surface area contributed by atoms with Crippen molar-refractivity contribution in [2.75, 3.05) is 14.2 Å². The zero-order valence-electron chi connectivity index (χ0n) is 10.7. The van der Waals surface area contributed by atoms with E-state index in [4.69, 9.17) is 18.4 Å². The second kappa shape index (κ2) is 6.34. The highest BCUT2D eigenvalue weighted by Crippen LogP contribution is 2.23. The third kappa shape index (κ3) is 6.22. The van der Waals surface area contributed by atoms with Gasteiger partial charge in [-0.15, -0.1) is 0 Å². The van der Waals surface area contributed by atoms with Gasteiger partial charge in [-0.3, -0.25) is 4.79 Å². The van der Waals surface area contributed by atoms with Crippen molar-refractivity contribution in [1.29, 1.82) is 0 Å². The molecule has 0 aliphatic heterocycles. The van der Waals surface area contributed by atoms with Crippen LogP contribution in [0.2, 0.25) is 6.55 Å². The number of hydrogen-bond donors (Lipinski definition) is 1. The largest absolute Gasteiger partial charge is 0.497 e. The Kier molecular flexibility index (Phi) is 6.17. The molecule has 96 valence electrons. The van der Waals surface area contributed by atoms with Crippen molar-refractivity contribution in [2.45, 2.75) is 45.3 Å². The van der Waals surface area contributed by atoms with Crippen molar-refractivity contribution in [1.82, 2.24) is 0 Å². The first-order valence-electron chi connectivity index (χ1n) is 5.27. The van der Waals surface area contributed by atoms with Crippen molar-refractivity contribution < 1.29 is 23.2 Å². The van der Waals surface area contributed by atoms with E-state index in [1.54, 1.807) is 14.2 Å². The number of aliphatic carboxylic acids is 1. The second-order valence-electron chi connectivity index (χ2n) is 4.38. The fourth-order valence-corrected chi connectivity index (χ4v) is 2.82. The van der Waals surface area contributed by atoms with Crippen LogP contribution in [-0.2, 0) is 18.1 Å². The summed E-state index contributed by atoms with van der Waals surface area (Å²) < 4.78 is 16.3. The number of hydrogen-bond acceptors (Lipinski definition) is 4. The van der Waals surface area contributed by atoms with Crippen LogP contribution in [0, 0.1) is 0 Å². The van der Waals surface area contributed by atoms with E-state index in [1.165, 1.54) is 0 Å². The molecule has 0 amide bonds. The number of carboxylic acid groups (broad SMARTS) is 1. The van der Waals surface area contributed by atoms with E-state index in [-0.39, 0.29) is 6.42 Å². The SMILES string of the molecule is CO[Si](C)(OC)OC(C)(C)CCCC(=O)O. The van der Waals surface area contributed by atoms with Crippen LogP contribution < -0.4 is 0 Å². The van der Waals surface area contributed by atoms with Gasteiger partial charge in [0.05, 0.1) is 5.60 Å². The molecule has 16 heavy (non-hydrogen) atoms. The van der Waals surface area contributed by atoms with Crippen LogP contribution >= 0.6 is 0 Å². The first-order valence-corrected chi connectivity index (χ1v) is 7.49. The van der Waals surface area contributed by atoms with Crippen LogP contribution in [0.25, 0.3) is 0 Å². The Balaban J connectivity index is 4.17. The fourth-order valence-electron chi connectivity index (χ4n) is 1.38. The van der Waals surface area contributed by atoms with Crippen molar-refractivity contribution >= 4 is 14.8 Å².